The quantitative estimate of drug-likeness (QED) is 0.467. The van der Waals surface area contributed by atoms with Crippen LogP contribution in [0.15, 0.2) is 36.9 Å². The van der Waals surface area contributed by atoms with Crippen molar-refractivity contribution >= 4 is 0 Å². The van der Waals surface area contributed by atoms with Crippen LogP contribution in [0.25, 0.3) is 0 Å². The molecule has 12 heavy (non-hydrogen) atoms. The van der Waals surface area contributed by atoms with Crippen LogP contribution in [0.2, 0.25) is 0 Å². The van der Waals surface area contributed by atoms with Crippen LogP contribution >= 0.6 is 0 Å². The normalized spacial score (nSPS) is 9.75. The molecule has 0 atom stereocenters. The molecule has 0 aliphatic rings. The molecule has 1 aromatic carbocycles. The first-order chi connectivity index (χ1) is 5.83. The van der Waals surface area contributed by atoms with E-state index in [-0.39, 0.29) is 0 Å². The smallest absolute Gasteiger partial charge is 0.0276 e. The van der Waals surface area contributed by atoms with Crippen molar-refractivity contribution in [1.82, 2.24) is 0 Å². The first kappa shape index (κ1) is 9.05. The first-order valence-electron chi connectivity index (χ1n) is 4.49. The molecule has 0 spiro atoms. The highest BCUT2D eigenvalue weighted by molar-refractivity contribution is 5.21. The van der Waals surface area contributed by atoms with Crippen molar-refractivity contribution < 1.29 is 0 Å². The van der Waals surface area contributed by atoms with E-state index in [4.69, 9.17) is 0 Å². The summed E-state index contributed by atoms with van der Waals surface area (Å²) in [4.78, 5) is 0. The van der Waals surface area contributed by atoms with Gasteiger partial charge in [0.1, 0.15) is 0 Å². The zero-order chi connectivity index (χ0) is 8.81. The molecule has 1 aromatic rings. The zero-order valence-electron chi connectivity index (χ0n) is 7.72. The van der Waals surface area contributed by atoms with Crippen molar-refractivity contribution in [1.29, 1.82) is 0 Å². The minimum absolute atomic E-state index is 1.12. The van der Waals surface area contributed by atoms with Gasteiger partial charge in [0.25, 0.3) is 0 Å². The summed E-state index contributed by atoms with van der Waals surface area (Å²) in [5.41, 5.74) is 2.77. The number of hydrogen-bond donors (Lipinski definition) is 0. The van der Waals surface area contributed by atoms with E-state index in [0.29, 0.717) is 0 Å². The monoisotopic (exact) mass is 160 g/mol. The number of unbranched alkanes of at least 4 members (excludes halogenated alkanes) is 1. The van der Waals surface area contributed by atoms with Crippen molar-refractivity contribution in [3.05, 3.63) is 48.0 Å². The molecular weight excluding hydrogens is 144 g/mol. The molecule has 0 heterocycles. The van der Waals surface area contributed by atoms with E-state index < -0.39 is 0 Å². The summed E-state index contributed by atoms with van der Waals surface area (Å²) in [7, 11) is 0. The lowest BCUT2D eigenvalue weighted by Gasteiger charge is -1.99. The van der Waals surface area contributed by atoms with Gasteiger partial charge in [-0.05, 0) is 31.7 Å². The van der Waals surface area contributed by atoms with Gasteiger partial charge in [0, 0.05) is 0 Å². The fraction of sp³-hybridized carbons (Fsp3) is 0.333. The predicted molar refractivity (Wildman–Crippen MR) is 54.3 cm³/mol. The Hall–Kier alpha value is -1.04. The van der Waals surface area contributed by atoms with Gasteiger partial charge in [-0.25, -0.2) is 0 Å². The van der Waals surface area contributed by atoms with Crippen molar-refractivity contribution in [2.45, 2.75) is 26.2 Å². The lowest BCUT2D eigenvalue weighted by molar-refractivity contribution is 0.844. The van der Waals surface area contributed by atoms with Crippen LogP contribution in [-0.2, 0) is 6.42 Å². The molecule has 0 N–H and O–H groups in total. The third-order valence-corrected chi connectivity index (χ3v) is 1.99. The average Bonchev–Trinajstić information content (AvgIpc) is 2.09. The average molecular weight is 160 g/mol. The van der Waals surface area contributed by atoms with Crippen LogP contribution in [0.5, 0.6) is 0 Å². The molecule has 0 fully saturated rings. The molecule has 0 aliphatic heterocycles. The Kier molecular flexibility index (Phi) is 3.59. The van der Waals surface area contributed by atoms with Gasteiger partial charge in [-0.15, -0.1) is 6.58 Å². The summed E-state index contributed by atoms with van der Waals surface area (Å²) in [5, 5.41) is 0. The van der Waals surface area contributed by atoms with Crippen molar-refractivity contribution in [2.24, 2.45) is 0 Å². The van der Waals surface area contributed by atoms with E-state index in [0.717, 1.165) is 6.42 Å². The molecular formula is C12H16. The summed E-state index contributed by atoms with van der Waals surface area (Å²) in [5.74, 6) is 0. The Morgan fingerprint density at radius 1 is 1.25 bits per heavy atom. The van der Waals surface area contributed by atoms with Crippen LogP contribution in [0.3, 0.4) is 0 Å². The van der Waals surface area contributed by atoms with E-state index in [1.54, 1.807) is 0 Å². The van der Waals surface area contributed by atoms with Crippen LogP contribution in [0, 0.1) is 6.92 Å². The SMILES string of the molecule is C=CCCCc1ccc(C)cc1. The molecule has 0 saturated carbocycles. The van der Waals surface area contributed by atoms with E-state index in [2.05, 4.69) is 37.8 Å². The minimum atomic E-state index is 1.12. The molecule has 0 heteroatoms. The van der Waals surface area contributed by atoms with Crippen LogP contribution in [-0.4, -0.2) is 0 Å². The Bertz CT molecular complexity index is 231. The number of hydrogen-bond acceptors (Lipinski definition) is 0. The summed E-state index contributed by atoms with van der Waals surface area (Å²) >= 11 is 0. The van der Waals surface area contributed by atoms with Crippen molar-refractivity contribution in [3.63, 3.8) is 0 Å². The molecule has 0 unspecified atom stereocenters. The van der Waals surface area contributed by atoms with Gasteiger partial charge in [-0.1, -0.05) is 35.9 Å². The maximum Gasteiger partial charge on any atom is -0.0276 e. The third-order valence-electron chi connectivity index (χ3n) is 1.99. The van der Waals surface area contributed by atoms with Gasteiger partial charge in [0.05, 0.1) is 0 Å². The zero-order valence-corrected chi connectivity index (χ0v) is 7.72. The fourth-order valence-electron chi connectivity index (χ4n) is 1.21. The largest absolute Gasteiger partial charge is 0.103 e. The van der Waals surface area contributed by atoms with E-state index in [9.17, 15) is 0 Å². The summed E-state index contributed by atoms with van der Waals surface area (Å²) < 4.78 is 0. The van der Waals surface area contributed by atoms with Gasteiger partial charge in [-0.2, -0.15) is 0 Å². The van der Waals surface area contributed by atoms with Gasteiger partial charge in [0.15, 0.2) is 0 Å². The van der Waals surface area contributed by atoms with Crippen molar-refractivity contribution in [2.75, 3.05) is 0 Å². The standard InChI is InChI=1S/C12H16/c1-3-4-5-6-12-9-7-11(2)8-10-12/h3,7-10H,1,4-6H2,2H3. The summed E-state index contributed by atoms with van der Waals surface area (Å²) in [6.45, 7) is 5.82. The molecule has 0 saturated heterocycles. The van der Waals surface area contributed by atoms with Gasteiger partial charge in [0.2, 0.25) is 0 Å². The van der Waals surface area contributed by atoms with Crippen LogP contribution in [0.4, 0.5) is 0 Å². The molecule has 0 bridgehead atoms. The Balaban J connectivity index is 2.42. The number of rotatable bonds is 4. The molecule has 0 radical (unpaired) electrons. The maximum atomic E-state index is 3.71. The second-order valence-corrected chi connectivity index (χ2v) is 3.17. The molecule has 1 rings (SSSR count). The van der Waals surface area contributed by atoms with Crippen LogP contribution < -0.4 is 0 Å². The van der Waals surface area contributed by atoms with E-state index in [1.807, 2.05) is 6.08 Å². The Labute approximate surface area is 74.9 Å². The van der Waals surface area contributed by atoms with E-state index in [1.165, 1.54) is 24.0 Å². The second kappa shape index (κ2) is 4.76. The van der Waals surface area contributed by atoms with Gasteiger partial charge >= 0.3 is 0 Å². The predicted octanol–water partition coefficient (Wildman–Crippen LogP) is 3.50. The molecule has 64 valence electrons. The molecule has 0 amide bonds. The Morgan fingerprint density at radius 3 is 2.50 bits per heavy atom. The minimum Gasteiger partial charge on any atom is -0.103 e. The number of benzene rings is 1. The van der Waals surface area contributed by atoms with Crippen LogP contribution in [0.1, 0.15) is 24.0 Å². The fourth-order valence-corrected chi connectivity index (χ4v) is 1.21. The van der Waals surface area contributed by atoms with Crippen molar-refractivity contribution in [3.8, 4) is 0 Å². The molecule has 0 aromatic heterocycles. The molecule has 0 nitrogen and oxygen atoms in total. The molecule has 0 aliphatic carbocycles. The van der Waals surface area contributed by atoms with E-state index >= 15 is 0 Å². The lowest BCUT2D eigenvalue weighted by atomic mass is 10.1. The number of allylic oxidation sites excluding steroid dienone is 1. The maximum absolute atomic E-state index is 3.71. The topological polar surface area (TPSA) is 0 Å². The highest BCUT2D eigenvalue weighted by atomic mass is 14.0. The first-order valence-corrected chi connectivity index (χ1v) is 4.49. The van der Waals surface area contributed by atoms with Gasteiger partial charge in [-0.3, -0.25) is 0 Å². The van der Waals surface area contributed by atoms with Gasteiger partial charge < -0.3 is 0 Å². The Morgan fingerprint density at radius 2 is 1.92 bits per heavy atom. The lowest BCUT2D eigenvalue weighted by Crippen LogP contribution is -1.84. The third kappa shape index (κ3) is 2.91. The summed E-state index contributed by atoms with van der Waals surface area (Å²) in [6, 6.07) is 8.75. The second-order valence-electron chi connectivity index (χ2n) is 3.17. The highest BCUT2D eigenvalue weighted by Crippen LogP contribution is 2.06. The number of aryl methyl sites for hydroxylation is 2. The summed E-state index contributed by atoms with van der Waals surface area (Å²) in [6.07, 6.45) is 5.49. The highest BCUT2D eigenvalue weighted by Gasteiger charge is 1.90.